The SMILES string of the molecule is O=C1NCc2cc(CN3CCC(N4C(=O)N(C5CCOCC5)CC4C4=CCC(Cl)=CC=C4)CC3)ccc21. The molecule has 196 valence electrons. The molecular weight excluding hydrogens is 488 g/mol. The Morgan fingerprint density at radius 3 is 2.68 bits per heavy atom. The number of allylic oxidation sites excluding steroid dienone is 4. The topological polar surface area (TPSA) is 65.1 Å². The number of rotatable bonds is 5. The van der Waals surface area contributed by atoms with Crippen molar-refractivity contribution in [3.8, 4) is 0 Å². The van der Waals surface area contributed by atoms with Gasteiger partial charge in [0.1, 0.15) is 0 Å². The molecule has 3 amide bonds. The second-order valence-electron chi connectivity index (χ2n) is 10.8. The zero-order valence-corrected chi connectivity index (χ0v) is 22.0. The largest absolute Gasteiger partial charge is 0.381 e. The highest BCUT2D eigenvalue weighted by Crippen LogP contribution is 2.34. The van der Waals surface area contributed by atoms with E-state index in [1.807, 2.05) is 18.2 Å². The molecule has 0 spiro atoms. The molecule has 6 rings (SSSR count). The maximum atomic E-state index is 13.9. The third-order valence-corrected chi connectivity index (χ3v) is 8.78. The Morgan fingerprint density at radius 1 is 1.05 bits per heavy atom. The molecule has 4 heterocycles. The summed E-state index contributed by atoms with van der Waals surface area (Å²) in [6.45, 7) is 5.59. The summed E-state index contributed by atoms with van der Waals surface area (Å²) in [5.41, 5.74) is 4.33. The Labute approximate surface area is 223 Å². The monoisotopic (exact) mass is 522 g/mol. The van der Waals surface area contributed by atoms with Crippen LogP contribution in [0.2, 0.25) is 0 Å². The molecule has 1 N–H and O–H groups in total. The predicted molar refractivity (Wildman–Crippen MR) is 143 cm³/mol. The average molecular weight is 523 g/mol. The van der Waals surface area contributed by atoms with E-state index in [0.29, 0.717) is 13.0 Å². The van der Waals surface area contributed by atoms with Gasteiger partial charge in [0.05, 0.1) is 6.04 Å². The molecule has 8 heteroatoms. The highest BCUT2D eigenvalue weighted by Gasteiger charge is 2.45. The standard InChI is InChI=1S/C29H35ClN4O3/c30-23-3-1-2-21(5-6-23)27-19-33(24-10-14-37-15-11-24)29(36)34(27)25-8-12-32(13-9-25)18-20-4-7-26-22(16-20)17-31-28(26)35/h1-5,7,16,24-25,27H,6,8-15,17-19H2,(H,31,35). The molecule has 5 aliphatic rings. The van der Waals surface area contributed by atoms with Gasteiger partial charge in [-0.15, -0.1) is 0 Å². The van der Waals surface area contributed by atoms with Crippen LogP contribution in [-0.4, -0.2) is 77.6 Å². The summed E-state index contributed by atoms with van der Waals surface area (Å²) >= 11 is 6.31. The molecular formula is C29H35ClN4O3. The van der Waals surface area contributed by atoms with Gasteiger partial charge in [0.2, 0.25) is 0 Å². The second kappa shape index (κ2) is 10.6. The van der Waals surface area contributed by atoms with Crippen molar-refractivity contribution in [3.63, 3.8) is 0 Å². The van der Waals surface area contributed by atoms with Gasteiger partial charge in [0.15, 0.2) is 0 Å². The van der Waals surface area contributed by atoms with Gasteiger partial charge < -0.3 is 19.9 Å². The number of carbonyl (C=O) groups excluding carboxylic acids is 2. The van der Waals surface area contributed by atoms with Gasteiger partial charge in [0, 0.05) is 75.0 Å². The highest BCUT2D eigenvalue weighted by atomic mass is 35.5. The molecule has 4 aliphatic heterocycles. The minimum Gasteiger partial charge on any atom is -0.381 e. The minimum absolute atomic E-state index is 0.0266. The molecule has 1 aromatic rings. The van der Waals surface area contributed by atoms with E-state index in [2.05, 4.69) is 44.3 Å². The molecule has 1 aromatic carbocycles. The van der Waals surface area contributed by atoms with Crippen molar-refractivity contribution in [1.29, 1.82) is 0 Å². The van der Waals surface area contributed by atoms with Crippen LogP contribution in [0, 0.1) is 0 Å². The Balaban J connectivity index is 1.15. The summed E-state index contributed by atoms with van der Waals surface area (Å²) in [6.07, 6.45) is 12.8. The molecule has 1 aliphatic carbocycles. The zero-order chi connectivity index (χ0) is 25.4. The number of carbonyl (C=O) groups is 2. The first kappa shape index (κ1) is 24.7. The Hall–Kier alpha value is -2.61. The lowest BCUT2D eigenvalue weighted by Gasteiger charge is -2.39. The maximum absolute atomic E-state index is 13.9. The lowest BCUT2D eigenvalue weighted by atomic mass is 9.97. The molecule has 3 fully saturated rings. The fraction of sp³-hybridized carbons (Fsp3) is 0.517. The molecule has 0 radical (unpaired) electrons. The van der Waals surface area contributed by atoms with Crippen LogP contribution in [0.1, 0.15) is 53.6 Å². The van der Waals surface area contributed by atoms with Crippen molar-refractivity contribution in [2.45, 2.75) is 63.3 Å². The van der Waals surface area contributed by atoms with Gasteiger partial charge >= 0.3 is 6.03 Å². The van der Waals surface area contributed by atoms with Crippen molar-refractivity contribution in [1.82, 2.24) is 20.0 Å². The number of halogens is 1. The van der Waals surface area contributed by atoms with E-state index < -0.39 is 0 Å². The number of piperidine rings is 1. The van der Waals surface area contributed by atoms with Gasteiger partial charge in [-0.25, -0.2) is 4.79 Å². The van der Waals surface area contributed by atoms with Crippen LogP contribution in [0.5, 0.6) is 0 Å². The first-order valence-electron chi connectivity index (χ1n) is 13.6. The fourth-order valence-corrected chi connectivity index (χ4v) is 6.62. The van der Waals surface area contributed by atoms with Gasteiger partial charge in [-0.2, -0.15) is 0 Å². The third-order valence-electron chi connectivity index (χ3n) is 8.50. The number of urea groups is 1. The lowest BCUT2D eigenvalue weighted by molar-refractivity contribution is 0.0493. The second-order valence-corrected chi connectivity index (χ2v) is 11.2. The summed E-state index contributed by atoms with van der Waals surface area (Å²) in [4.78, 5) is 32.5. The van der Waals surface area contributed by atoms with Crippen LogP contribution in [0.15, 0.2) is 53.1 Å². The number of ether oxygens (including phenoxy) is 1. The minimum atomic E-state index is 0.0266. The first-order chi connectivity index (χ1) is 18.1. The van der Waals surface area contributed by atoms with Crippen molar-refractivity contribution in [3.05, 3.63) is 69.8 Å². The number of hydrogen-bond acceptors (Lipinski definition) is 4. The summed E-state index contributed by atoms with van der Waals surface area (Å²) in [6, 6.07) is 6.91. The molecule has 37 heavy (non-hydrogen) atoms. The normalized spacial score (nSPS) is 25.7. The van der Waals surface area contributed by atoms with Gasteiger partial charge in [-0.3, -0.25) is 9.69 Å². The predicted octanol–water partition coefficient (Wildman–Crippen LogP) is 4.19. The number of nitrogens with one attached hydrogen (secondary N) is 1. The van der Waals surface area contributed by atoms with Crippen molar-refractivity contribution < 1.29 is 14.3 Å². The molecule has 0 aromatic heterocycles. The molecule has 1 unspecified atom stereocenters. The van der Waals surface area contributed by atoms with Crippen LogP contribution in [0.3, 0.4) is 0 Å². The average Bonchev–Trinajstić information content (AvgIpc) is 3.37. The van der Waals surface area contributed by atoms with Crippen LogP contribution < -0.4 is 5.32 Å². The lowest BCUT2D eigenvalue weighted by Crippen LogP contribution is -2.50. The highest BCUT2D eigenvalue weighted by molar-refractivity contribution is 6.29. The van der Waals surface area contributed by atoms with Gasteiger partial charge in [-0.05, 0) is 54.5 Å². The van der Waals surface area contributed by atoms with E-state index in [1.54, 1.807) is 0 Å². The number of likely N-dealkylation sites (tertiary alicyclic amines) is 1. The van der Waals surface area contributed by atoms with Crippen molar-refractivity contribution in [2.75, 3.05) is 32.8 Å². The summed E-state index contributed by atoms with van der Waals surface area (Å²) < 4.78 is 5.58. The Morgan fingerprint density at radius 2 is 1.86 bits per heavy atom. The van der Waals surface area contributed by atoms with Crippen LogP contribution in [0.25, 0.3) is 0 Å². The maximum Gasteiger partial charge on any atom is 0.321 e. The van der Waals surface area contributed by atoms with Gasteiger partial charge in [-0.1, -0.05) is 42.0 Å². The number of fused-ring (bicyclic) bond motifs is 1. The van der Waals surface area contributed by atoms with E-state index in [1.165, 1.54) is 11.1 Å². The van der Waals surface area contributed by atoms with Crippen LogP contribution in [-0.2, 0) is 17.8 Å². The van der Waals surface area contributed by atoms with E-state index >= 15 is 0 Å². The summed E-state index contributed by atoms with van der Waals surface area (Å²) in [5, 5.41) is 3.72. The zero-order valence-electron chi connectivity index (χ0n) is 21.2. The smallest absolute Gasteiger partial charge is 0.321 e. The van der Waals surface area contributed by atoms with Crippen LogP contribution in [0.4, 0.5) is 4.79 Å². The molecule has 0 saturated carbocycles. The number of amides is 3. The summed E-state index contributed by atoms with van der Waals surface area (Å²) in [7, 11) is 0. The van der Waals surface area contributed by atoms with E-state index in [-0.39, 0.29) is 30.1 Å². The number of hydrogen-bond donors (Lipinski definition) is 1. The first-order valence-corrected chi connectivity index (χ1v) is 14.0. The molecule has 0 bridgehead atoms. The van der Waals surface area contributed by atoms with E-state index in [9.17, 15) is 9.59 Å². The quantitative estimate of drug-likeness (QED) is 0.630. The molecule has 1 atom stereocenters. The molecule has 3 saturated heterocycles. The van der Waals surface area contributed by atoms with Gasteiger partial charge in [0.25, 0.3) is 5.91 Å². The van der Waals surface area contributed by atoms with Crippen LogP contribution >= 0.6 is 11.6 Å². The Bertz CT molecular complexity index is 1150. The fourth-order valence-electron chi connectivity index (χ4n) is 6.47. The van der Waals surface area contributed by atoms with Crippen molar-refractivity contribution >= 4 is 23.5 Å². The van der Waals surface area contributed by atoms with E-state index in [4.69, 9.17) is 16.3 Å². The summed E-state index contributed by atoms with van der Waals surface area (Å²) in [5.74, 6) is 0.0266. The Kier molecular flexibility index (Phi) is 7.10. The number of benzene rings is 1. The van der Waals surface area contributed by atoms with E-state index in [0.717, 1.165) is 81.2 Å². The van der Waals surface area contributed by atoms with Crippen molar-refractivity contribution in [2.24, 2.45) is 0 Å². The third kappa shape index (κ3) is 5.09. The molecule has 7 nitrogen and oxygen atoms in total. The number of nitrogens with zero attached hydrogens (tertiary/aromatic N) is 3.